The number of ether oxygens (including phenoxy) is 2. The van der Waals surface area contributed by atoms with Crippen LogP contribution in [-0.4, -0.2) is 7.11 Å². The summed E-state index contributed by atoms with van der Waals surface area (Å²) in [6.45, 7) is 3.92. The molecule has 1 radical (unpaired) electrons. The van der Waals surface area contributed by atoms with Gasteiger partial charge in [-0.2, -0.15) is 0 Å². The average Bonchev–Trinajstić information content (AvgIpc) is 2.19. The van der Waals surface area contributed by atoms with Crippen molar-refractivity contribution in [2.24, 2.45) is 0 Å². The van der Waals surface area contributed by atoms with Gasteiger partial charge in [0.2, 0.25) is 0 Å². The average molecular weight is 179 g/mol. The highest BCUT2D eigenvalue weighted by Crippen LogP contribution is 2.26. The fraction of sp³-hybridized carbons (Fsp3) is 0.364. The molecular formula is C11H15O2. The summed E-state index contributed by atoms with van der Waals surface area (Å²) in [6.07, 6.45) is 2.05. The van der Waals surface area contributed by atoms with Crippen molar-refractivity contribution >= 4 is 0 Å². The van der Waals surface area contributed by atoms with Crippen molar-refractivity contribution < 1.29 is 9.47 Å². The molecule has 0 spiro atoms. The van der Waals surface area contributed by atoms with Gasteiger partial charge in [0.1, 0.15) is 6.61 Å². The van der Waals surface area contributed by atoms with E-state index in [1.165, 1.54) is 0 Å². The molecule has 1 aromatic carbocycles. The highest BCUT2D eigenvalue weighted by atomic mass is 16.5. The van der Waals surface area contributed by atoms with Gasteiger partial charge in [0, 0.05) is 0 Å². The van der Waals surface area contributed by atoms with Crippen molar-refractivity contribution in [2.45, 2.75) is 19.8 Å². The van der Waals surface area contributed by atoms with Crippen molar-refractivity contribution in [2.75, 3.05) is 7.11 Å². The Kier molecular flexibility index (Phi) is 4.16. The van der Waals surface area contributed by atoms with Gasteiger partial charge in [0.15, 0.2) is 11.5 Å². The van der Waals surface area contributed by atoms with Gasteiger partial charge in [-0.25, -0.2) is 0 Å². The first-order valence-corrected chi connectivity index (χ1v) is 4.49. The smallest absolute Gasteiger partial charge is 0.161 e. The Morgan fingerprint density at radius 2 is 1.92 bits per heavy atom. The number of rotatable bonds is 5. The molecule has 0 heterocycles. The lowest BCUT2D eigenvalue weighted by atomic mass is 10.3. The predicted molar refractivity (Wildman–Crippen MR) is 52.8 cm³/mol. The molecule has 1 rings (SSSR count). The summed E-state index contributed by atoms with van der Waals surface area (Å²) in [7, 11) is 1.64. The highest BCUT2D eigenvalue weighted by molar-refractivity contribution is 5.39. The number of hydrogen-bond donors (Lipinski definition) is 0. The second-order valence-electron chi connectivity index (χ2n) is 2.72. The van der Waals surface area contributed by atoms with Gasteiger partial charge in [0.25, 0.3) is 0 Å². The van der Waals surface area contributed by atoms with Gasteiger partial charge in [-0.1, -0.05) is 25.5 Å². The summed E-state index contributed by atoms with van der Waals surface area (Å²) in [4.78, 5) is 0. The maximum Gasteiger partial charge on any atom is 0.161 e. The summed E-state index contributed by atoms with van der Waals surface area (Å²) in [6, 6.07) is 7.63. The molecular weight excluding hydrogens is 164 g/mol. The minimum Gasteiger partial charge on any atom is -0.493 e. The molecule has 0 saturated carbocycles. The molecule has 2 heteroatoms. The summed E-state index contributed by atoms with van der Waals surface area (Å²) >= 11 is 0. The Labute approximate surface area is 79.5 Å². The molecule has 0 fully saturated rings. The van der Waals surface area contributed by atoms with E-state index in [1.807, 2.05) is 24.3 Å². The Balaban J connectivity index is 2.54. The van der Waals surface area contributed by atoms with Crippen LogP contribution >= 0.6 is 0 Å². The lowest BCUT2D eigenvalue weighted by Gasteiger charge is -2.08. The molecule has 0 amide bonds. The molecule has 0 aliphatic carbocycles. The highest BCUT2D eigenvalue weighted by Gasteiger charge is 2.00. The molecule has 0 unspecified atom stereocenters. The lowest BCUT2D eigenvalue weighted by Crippen LogP contribution is -1.92. The Hall–Kier alpha value is -1.18. The van der Waals surface area contributed by atoms with E-state index in [-0.39, 0.29) is 0 Å². The molecule has 0 aliphatic heterocycles. The number of unbranched alkanes of at least 4 members (excludes halogenated alkanes) is 1. The van der Waals surface area contributed by atoms with E-state index < -0.39 is 0 Å². The second-order valence-corrected chi connectivity index (χ2v) is 2.72. The topological polar surface area (TPSA) is 18.5 Å². The largest absolute Gasteiger partial charge is 0.493 e. The van der Waals surface area contributed by atoms with Gasteiger partial charge in [-0.3, -0.25) is 0 Å². The van der Waals surface area contributed by atoms with E-state index in [0.717, 1.165) is 24.3 Å². The monoisotopic (exact) mass is 179 g/mol. The quantitative estimate of drug-likeness (QED) is 0.647. The second kappa shape index (κ2) is 5.46. The molecule has 2 nitrogen and oxygen atoms in total. The van der Waals surface area contributed by atoms with Crippen LogP contribution in [0.2, 0.25) is 0 Å². The van der Waals surface area contributed by atoms with E-state index in [9.17, 15) is 0 Å². The summed E-state index contributed by atoms with van der Waals surface area (Å²) in [5.41, 5.74) is 0. The molecule has 0 saturated heterocycles. The molecule has 0 aromatic heterocycles. The molecule has 13 heavy (non-hydrogen) atoms. The van der Waals surface area contributed by atoms with Crippen molar-refractivity contribution in [3.63, 3.8) is 0 Å². The molecule has 0 atom stereocenters. The van der Waals surface area contributed by atoms with Crippen LogP contribution in [0.3, 0.4) is 0 Å². The summed E-state index contributed by atoms with van der Waals surface area (Å²) < 4.78 is 10.5. The Morgan fingerprint density at radius 3 is 2.54 bits per heavy atom. The third-order valence-electron chi connectivity index (χ3n) is 1.69. The third-order valence-corrected chi connectivity index (χ3v) is 1.69. The van der Waals surface area contributed by atoms with Crippen LogP contribution < -0.4 is 9.47 Å². The number of methoxy groups -OCH3 is 1. The number of hydrogen-bond acceptors (Lipinski definition) is 2. The first kappa shape index (κ1) is 9.90. The zero-order valence-corrected chi connectivity index (χ0v) is 8.12. The summed E-state index contributed by atoms with van der Waals surface area (Å²) in [5, 5.41) is 0. The van der Waals surface area contributed by atoms with Crippen molar-refractivity contribution in [1.82, 2.24) is 0 Å². The minimum atomic E-state index is 0.773. The molecule has 0 bridgehead atoms. The number of para-hydroxylation sites is 2. The van der Waals surface area contributed by atoms with Crippen molar-refractivity contribution in [3.8, 4) is 11.5 Å². The normalized spacial score (nSPS) is 9.69. The molecule has 1 aromatic rings. The van der Waals surface area contributed by atoms with E-state index in [0.29, 0.717) is 0 Å². The van der Waals surface area contributed by atoms with Crippen LogP contribution in [0.25, 0.3) is 0 Å². The zero-order valence-electron chi connectivity index (χ0n) is 8.12. The predicted octanol–water partition coefficient (Wildman–Crippen LogP) is 3.04. The van der Waals surface area contributed by atoms with Gasteiger partial charge >= 0.3 is 0 Å². The lowest BCUT2D eigenvalue weighted by molar-refractivity contribution is 0.344. The fourth-order valence-electron chi connectivity index (χ4n) is 0.983. The van der Waals surface area contributed by atoms with E-state index in [4.69, 9.17) is 9.47 Å². The molecule has 71 valence electrons. The van der Waals surface area contributed by atoms with Gasteiger partial charge in [-0.05, 0) is 18.6 Å². The van der Waals surface area contributed by atoms with Gasteiger partial charge in [0.05, 0.1) is 7.11 Å². The van der Waals surface area contributed by atoms with Crippen molar-refractivity contribution in [1.29, 1.82) is 0 Å². The Bertz CT molecular complexity index is 246. The van der Waals surface area contributed by atoms with E-state index in [2.05, 4.69) is 6.92 Å². The SMILES string of the molecule is CCC[CH]Oc1ccccc1OC. The Morgan fingerprint density at radius 1 is 1.23 bits per heavy atom. The van der Waals surface area contributed by atoms with Crippen LogP contribution in [0.15, 0.2) is 24.3 Å². The first-order valence-electron chi connectivity index (χ1n) is 4.49. The first-order chi connectivity index (χ1) is 6.38. The van der Waals surface area contributed by atoms with Gasteiger partial charge in [-0.15, -0.1) is 0 Å². The summed E-state index contributed by atoms with van der Waals surface area (Å²) in [5.74, 6) is 1.55. The third kappa shape index (κ3) is 2.98. The zero-order chi connectivity index (χ0) is 9.52. The van der Waals surface area contributed by atoms with Crippen LogP contribution in [0.1, 0.15) is 19.8 Å². The van der Waals surface area contributed by atoms with E-state index >= 15 is 0 Å². The fourth-order valence-corrected chi connectivity index (χ4v) is 0.983. The van der Waals surface area contributed by atoms with Crippen molar-refractivity contribution in [3.05, 3.63) is 30.9 Å². The van der Waals surface area contributed by atoms with Crippen LogP contribution in [0.5, 0.6) is 11.5 Å². The number of benzene rings is 1. The molecule has 0 aliphatic rings. The van der Waals surface area contributed by atoms with Crippen LogP contribution in [0, 0.1) is 6.61 Å². The minimum absolute atomic E-state index is 0.773. The maximum atomic E-state index is 5.42. The maximum absolute atomic E-state index is 5.42. The van der Waals surface area contributed by atoms with E-state index in [1.54, 1.807) is 13.7 Å². The van der Waals surface area contributed by atoms with Crippen LogP contribution in [-0.2, 0) is 0 Å². The van der Waals surface area contributed by atoms with Gasteiger partial charge < -0.3 is 9.47 Å². The van der Waals surface area contributed by atoms with Crippen LogP contribution in [0.4, 0.5) is 0 Å². The standard InChI is InChI=1S/C11H15O2/c1-3-4-9-13-11-8-6-5-7-10(11)12-2/h5-9H,3-4H2,1-2H3. The molecule has 0 N–H and O–H groups in total.